The van der Waals surface area contributed by atoms with Crippen LogP contribution in [0.25, 0.3) is 10.9 Å². The number of rotatable bonds is 6. The third-order valence-corrected chi connectivity index (χ3v) is 5.28. The van der Waals surface area contributed by atoms with E-state index in [0.29, 0.717) is 6.42 Å². The van der Waals surface area contributed by atoms with E-state index in [1.165, 1.54) is 18.7 Å². The van der Waals surface area contributed by atoms with Crippen LogP contribution in [0.5, 0.6) is 0 Å². The molecule has 0 spiro atoms. The largest absolute Gasteiger partial charge is 0.361 e. The number of aromatic amines is 1. The van der Waals surface area contributed by atoms with E-state index in [9.17, 15) is 9.59 Å². The molecule has 3 N–H and O–H groups in total. The van der Waals surface area contributed by atoms with Gasteiger partial charge >= 0.3 is 0 Å². The van der Waals surface area contributed by atoms with Crippen molar-refractivity contribution in [2.45, 2.75) is 30.4 Å². The van der Waals surface area contributed by atoms with Gasteiger partial charge in [-0.1, -0.05) is 19.1 Å². The number of hydrogen-bond donors (Lipinski definition) is 3. The van der Waals surface area contributed by atoms with Crippen molar-refractivity contribution >= 4 is 45.9 Å². The molecule has 1 unspecified atom stereocenters. The number of H-pyrrole nitrogens is 1. The summed E-state index contributed by atoms with van der Waals surface area (Å²) in [6, 6.07) is 15.3. The van der Waals surface area contributed by atoms with E-state index in [-0.39, 0.29) is 17.1 Å². The third kappa shape index (κ3) is 4.46. The molecule has 3 rings (SSSR count). The van der Waals surface area contributed by atoms with Crippen LogP contribution in [0.2, 0.25) is 0 Å². The molecule has 1 aromatic heterocycles. The van der Waals surface area contributed by atoms with Gasteiger partial charge in [-0.2, -0.15) is 0 Å². The number of amides is 2. The fraction of sp³-hybridized carbons (Fsp3) is 0.200. The molecule has 0 fully saturated rings. The van der Waals surface area contributed by atoms with Gasteiger partial charge in [-0.3, -0.25) is 9.59 Å². The zero-order chi connectivity index (χ0) is 18.5. The maximum atomic E-state index is 12.7. The smallest absolute Gasteiger partial charge is 0.237 e. The SMILES string of the molecule is CCC(Sc1cccc(NC(C)=O)c1)C(=O)Nc1ccc2cc[nH]c2c1. The van der Waals surface area contributed by atoms with E-state index in [2.05, 4.69) is 15.6 Å². The lowest BCUT2D eigenvalue weighted by atomic mass is 10.2. The second-order valence-electron chi connectivity index (χ2n) is 5.99. The van der Waals surface area contributed by atoms with E-state index in [1.54, 1.807) is 0 Å². The standard InChI is InChI=1S/C20H21N3O2S/c1-3-19(26-17-6-4-5-15(11-17)22-13(2)24)20(25)23-16-8-7-14-9-10-21-18(14)12-16/h4-12,19,21H,3H2,1-2H3,(H,22,24)(H,23,25). The summed E-state index contributed by atoms with van der Waals surface area (Å²) in [5, 5.41) is 6.65. The fourth-order valence-corrected chi connectivity index (χ4v) is 3.70. The fourth-order valence-electron chi connectivity index (χ4n) is 2.69. The lowest BCUT2D eigenvalue weighted by molar-refractivity contribution is -0.116. The second-order valence-corrected chi connectivity index (χ2v) is 7.27. The molecular formula is C20H21N3O2S. The summed E-state index contributed by atoms with van der Waals surface area (Å²) in [6.07, 6.45) is 2.58. The quantitative estimate of drug-likeness (QED) is 0.556. The van der Waals surface area contributed by atoms with Gasteiger partial charge in [0.2, 0.25) is 11.8 Å². The zero-order valence-electron chi connectivity index (χ0n) is 14.7. The molecule has 0 aliphatic heterocycles. The minimum atomic E-state index is -0.220. The Morgan fingerprint density at radius 2 is 1.88 bits per heavy atom. The van der Waals surface area contributed by atoms with Crippen molar-refractivity contribution in [2.24, 2.45) is 0 Å². The Kier molecular flexibility index (Phi) is 5.63. The Bertz CT molecular complexity index is 935. The number of benzene rings is 2. The highest BCUT2D eigenvalue weighted by Gasteiger charge is 2.18. The molecule has 2 aromatic carbocycles. The number of thioether (sulfide) groups is 1. The van der Waals surface area contributed by atoms with Crippen molar-refractivity contribution in [3.05, 3.63) is 54.7 Å². The van der Waals surface area contributed by atoms with Crippen molar-refractivity contribution in [1.82, 2.24) is 4.98 Å². The molecule has 6 heteroatoms. The Morgan fingerprint density at radius 1 is 1.08 bits per heavy atom. The molecule has 0 aliphatic rings. The summed E-state index contributed by atoms with van der Waals surface area (Å²) < 4.78 is 0. The van der Waals surface area contributed by atoms with Gasteiger partial charge in [0.25, 0.3) is 0 Å². The van der Waals surface area contributed by atoms with Gasteiger partial charge in [0.05, 0.1) is 5.25 Å². The molecule has 0 aliphatic carbocycles. The summed E-state index contributed by atoms with van der Waals surface area (Å²) >= 11 is 1.49. The first-order chi connectivity index (χ1) is 12.5. The van der Waals surface area contributed by atoms with Crippen LogP contribution in [0.1, 0.15) is 20.3 Å². The van der Waals surface area contributed by atoms with Crippen molar-refractivity contribution in [3.63, 3.8) is 0 Å². The topological polar surface area (TPSA) is 74.0 Å². The summed E-state index contributed by atoms with van der Waals surface area (Å²) in [4.78, 5) is 28.0. The molecule has 3 aromatic rings. The van der Waals surface area contributed by atoms with E-state index >= 15 is 0 Å². The van der Waals surface area contributed by atoms with Crippen LogP contribution >= 0.6 is 11.8 Å². The highest BCUT2D eigenvalue weighted by atomic mass is 32.2. The molecule has 0 bridgehead atoms. The van der Waals surface area contributed by atoms with E-state index in [1.807, 2.05) is 61.7 Å². The van der Waals surface area contributed by atoms with Crippen LogP contribution in [-0.4, -0.2) is 22.0 Å². The molecule has 1 heterocycles. The number of carbonyl (C=O) groups is 2. The lowest BCUT2D eigenvalue weighted by Crippen LogP contribution is -2.24. The number of nitrogens with one attached hydrogen (secondary N) is 3. The van der Waals surface area contributed by atoms with Gasteiger partial charge in [-0.25, -0.2) is 0 Å². The average Bonchev–Trinajstić information content (AvgIpc) is 3.07. The number of anilines is 2. The average molecular weight is 367 g/mol. The van der Waals surface area contributed by atoms with Crippen LogP contribution in [-0.2, 0) is 9.59 Å². The van der Waals surface area contributed by atoms with Crippen molar-refractivity contribution in [2.75, 3.05) is 10.6 Å². The number of aromatic nitrogens is 1. The molecule has 26 heavy (non-hydrogen) atoms. The normalized spacial score (nSPS) is 11.9. The molecule has 0 saturated heterocycles. The van der Waals surface area contributed by atoms with Crippen molar-refractivity contribution in [1.29, 1.82) is 0 Å². The third-order valence-electron chi connectivity index (χ3n) is 3.92. The Hall–Kier alpha value is -2.73. The monoisotopic (exact) mass is 367 g/mol. The molecule has 0 saturated carbocycles. The molecule has 1 atom stereocenters. The molecule has 0 radical (unpaired) electrons. The lowest BCUT2D eigenvalue weighted by Gasteiger charge is -2.15. The van der Waals surface area contributed by atoms with E-state index in [4.69, 9.17) is 0 Å². The highest BCUT2D eigenvalue weighted by Crippen LogP contribution is 2.29. The second kappa shape index (κ2) is 8.10. The molecule has 5 nitrogen and oxygen atoms in total. The molecular weight excluding hydrogens is 346 g/mol. The summed E-state index contributed by atoms with van der Waals surface area (Å²) in [5.74, 6) is -0.148. The Labute approximate surface area is 156 Å². The number of hydrogen-bond acceptors (Lipinski definition) is 3. The maximum absolute atomic E-state index is 12.7. The predicted molar refractivity (Wildman–Crippen MR) is 108 cm³/mol. The van der Waals surface area contributed by atoms with Crippen LogP contribution in [0.15, 0.2) is 59.6 Å². The van der Waals surface area contributed by atoms with Crippen molar-refractivity contribution < 1.29 is 9.59 Å². The minimum absolute atomic E-state index is 0.0339. The summed E-state index contributed by atoms with van der Waals surface area (Å²) in [6.45, 7) is 3.46. The first kappa shape index (κ1) is 18.1. The number of carbonyl (C=O) groups excluding carboxylic acids is 2. The van der Waals surface area contributed by atoms with Crippen molar-refractivity contribution in [3.8, 4) is 0 Å². The Balaban J connectivity index is 1.69. The highest BCUT2D eigenvalue weighted by molar-refractivity contribution is 8.00. The predicted octanol–water partition coefficient (Wildman–Crippen LogP) is 4.64. The first-order valence-corrected chi connectivity index (χ1v) is 9.35. The van der Waals surface area contributed by atoms with E-state index in [0.717, 1.165) is 27.2 Å². The van der Waals surface area contributed by atoms with Gasteiger partial charge < -0.3 is 15.6 Å². The van der Waals surface area contributed by atoms with Gasteiger partial charge in [0.1, 0.15) is 0 Å². The first-order valence-electron chi connectivity index (χ1n) is 8.47. The molecule has 134 valence electrons. The minimum Gasteiger partial charge on any atom is -0.361 e. The van der Waals surface area contributed by atoms with Gasteiger partial charge in [0.15, 0.2) is 0 Å². The van der Waals surface area contributed by atoms with Crippen LogP contribution < -0.4 is 10.6 Å². The van der Waals surface area contributed by atoms with Gasteiger partial charge in [-0.15, -0.1) is 11.8 Å². The van der Waals surface area contributed by atoms with E-state index < -0.39 is 0 Å². The summed E-state index contributed by atoms with van der Waals surface area (Å²) in [5.41, 5.74) is 2.50. The van der Waals surface area contributed by atoms with Gasteiger partial charge in [0, 0.05) is 34.9 Å². The maximum Gasteiger partial charge on any atom is 0.237 e. The molecule has 2 amide bonds. The Morgan fingerprint density at radius 3 is 2.65 bits per heavy atom. The van der Waals surface area contributed by atoms with Crippen LogP contribution in [0.4, 0.5) is 11.4 Å². The van der Waals surface area contributed by atoms with Crippen LogP contribution in [0.3, 0.4) is 0 Å². The number of fused-ring (bicyclic) bond motifs is 1. The summed E-state index contributed by atoms with van der Waals surface area (Å²) in [7, 11) is 0. The van der Waals surface area contributed by atoms with Gasteiger partial charge in [-0.05, 0) is 48.2 Å². The van der Waals surface area contributed by atoms with Crippen LogP contribution in [0, 0.1) is 0 Å². The zero-order valence-corrected chi connectivity index (χ0v) is 15.5.